The third-order valence-corrected chi connectivity index (χ3v) is 4.68. The second-order valence-corrected chi connectivity index (χ2v) is 6.52. The van der Waals surface area contributed by atoms with Crippen molar-refractivity contribution in [1.29, 1.82) is 0 Å². The van der Waals surface area contributed by atoms with Gasteiger partial charge < -0.3 is 5.32 Å². The van der Waals surface area contributed by atoms with Crippen LogP contribution in [0.1, 0.15) is 5.56 Å². The van der Waals surface area contributed by atoms with E-state index in [0.717, 1.165) is 23.3 Å². The van der Waals surface area contributed by atoms with Crippen LogP contribution < -0.4 is 5.32 Å². The summed E-state index contributed by atoms with van der Waals surface area (Å²) in [5.74, 6) is 1.51. The second kappa shape index (κ2) is 6.57. The van der Waals surface area contributed by atoms with E-state index < -0.39 is 0 Å². The van der Waals surface area contributed by atoms with Crippen LogP contribution in [0.3, 0.4) is 0 Å². The Balaban J connectivity index is 1.59. The molecule has 0 aliphatic heterocycles. The number of aromatic nitrogens is 3. The fourth-order valence-electron chi connectivity index (χ4n) is 3.29. The molecule has 130 valence electrons. The maximum absolute atomic E-state index is 4.82. The SMILES string of the molecule is c1ccc(CNc2nc(-n3cc4ccccc4c3)nc3ccccc23)cc1. The Hall–Kier alpha value is -3.66. The first-order valence-electron chi connectivity index (χ1n) is 8.98. The lowest BCUT2D eigenvalue weighted by molar-refractivity contribution is 0.950. The average Bonchev–Trinajstić information content (AvgIpc) is 3.17. The van der Waals surface area contributed by atoms with Crippen LogP contribution >= 0.6 is 0 Å². The predicted molar refractivity (Wildman–Crippen MR) is 110 cm³/mol. The molecule has 2 heterocycles. The van der Waals surface area contributed by atoms with Crippen molar-refractivity contribution in [3.8, 4) is 5.95 Å². The topological polar surface area (TPSA) is 42.7 Å². The van der Waals surface area contributed by atoms with Gasteiger partial charge in [0.2, 0.25) is 5.95 Å². The number of fused-ring (bicyclic) bond motifs is 2. The molecule has 0 saturated carbocycles. The monoisotopic (exact) mass is 350 g/mol. The fraction of sp³-hybridized carbons (Fsp3) is 0.0435. The van der Waals surface area contributed by atoms with Gasteiger partial charge in [0.05, 0.1) is 5.52 Å². The molecule has 0 aliphatic rings. The lowest BCUT2D eigenvalue weighted by Crippen LogP contribution is -2.06. The minimum atomic E-state index is 0.667. The standard InChI is InChI=1S/C23H18N4/c1-2-8-17(9-3-1)14-24-22-20-12-6-7-13-21(20)25-23(26-22)27-15-18-10-4-5-11-19(18)16-27/h1-13,15-16H,14H2,(H,24,25,26). The normalized spacial score (nSPS) is 11.1. The van der Waals surface area contributed by atoms with Crippen molar-refractivity contribution >= 4 is 27.5 Å². The van der Waals surface area contributed by atoms with Gasteiger partial charge in [-0.05, 0) is 28.5 Å². The molecule has 0 atom stereocenters. The highest BCUT2D eigenvalue weighted by Gasteiger charge is 2.10. The van der Waals surface area contributed by atoms with Gasteiger partial charge in [-0.2, -0.15) is 4.98 Å². The molecular formula is C23H18N4. The second-order valence-electron chi connectivity index (χ2n) is 6.52. The van der Waals surface area contributed by atoms with Crippen molar-refractivity contribution in [2.75, 3.05) is 5.32 Å². The van der Waals surface area contributed by atoms with Crippen molar-refractivity contribution < 1.29 is 0 Å². The van der Waals surface area contributed by atoms with E-state index in [1.54, 1.807) is 0 Å². The number of rotatable bonds is 4. The largest absolute Gasteiger partial charge is 0.365 e. The van der Waals surface area contributed by atoms with Crippen LogP contribution in [-0.4, -0.2) is 14.5 Å². The van der Waals surface area contributed by atoms with Crippen molar-refractivity contribution in [2.24, 2.45) is 0 Å². The van der Waals surface area contributed by atoms with Crippen LogP contribution in [0.2, 0.25) is 0 Å². The van der Waals surface area contributed by atoms with Gasteiger partial charge in [0, 0.05) is 24.3 Å². The van der Waals surface area contributed by atoms with Gasteiger partial charge in [0.25, 0.3) is 0 Å². The highest BCUT2D eigenvalue weighted by atomic mass is 15.2. The number of hydrogen-bond acceptors (Lipinski definition) is 3. The number of para-hydroxylation sites is 1. The zero-order valence-corrected chi connectivity index (χ0v) is 14.7. The zero-order chi connectivity index (χ0) is 18.1. The van der Waals surface area contributed by atoms with Crippen LogP contribution in [0.5, 0.6) is 0 Å². The molecule has 0 saturated heterocycles. The van der Waals surface area contributed by atoms with Gasteiger partial charge in [-0.25, -0.2) is 4.98 Å². The molecule has 3 aromatic carbocycles. The molecule has 0 unspecified atom stereocenters. The van der Waals surface area contributed by atoms with E-state index in [2.05, 4.69) is 48.0 Å². The molecule has 5 aromatic rings. The average molecular weight is 350 g/mol. The lowest BCUT2D eigenvalue weighted by atomic mass is 10.2. The van der Waals surface area contributed by atoms with Gasteiger partial charge in [-0.15, -0.1) is 0 Å². The molecule has 0 radical (unpaired) electrons. The Kier molecular flexibility index (Phi) is 3.79. The van der Waals surface area contributed by atoms with E-state index in [9.17, 15) is 0 Å². The fourth-order valence-corrected chi connectivity index (χ4v) is 3.29. The Bertz CT molecular complexity index is 1190. The van der Waals surface area contributed by atoms with Crippen LogP contribution in [0.15, 0.2) is 91.3 Å². The molecule has 0 aliphatic carbocycles. The Morgan fingerprint density at radius 1 is 0.704 bits per heavy atom. The zero-order valence-electron chi connectivity index (χ0n) is 14.7. The molecule has 5 rings (SSSR count). The molecule has 1 N–H and O–H groups in total. The van der Waals surface area contributed by atoms with Gasteiger partial charge in [0.1, 0.15) is 5.82 Å². The molecular weight excluding hydrogens is 332 g/mol. The molecule has 4 nitrogen and oxygen atoms in total. The van der Waals surface area contributed by atoms with Crippen LogP contribution in [-0.2, 0) is 6.54 Å². The molecule has 0 spiro atoms. The Labute approximate surface area is 157 Å². The number of nitrogens with one attached hydrogen (secondary N) is 1. The van der Waals surface area contributed by atoms with E-state index in [0.29, 0.717) is 5.95 Å². The Morgan fingerprint density at radius 3 is 2.15 bits per heavy atom. The summed E-state index contributed by atoms with van der Waals surface area (Å²) in [7, 11) is 0. The van der Waals surface area contributed by atoms with Crippen LogP contribution in [0.4, 0.5) is 5.82 Å². The highest BCUT2D eigenvalue weighted by molar-refractivity contribution is 5.90. The summed E-state index contributed by atoms with van der Waals surface area (Å²) in [6, 6.07) is 26.7. The van der Waals surface area contributed by atoms with Gasteiger partial charge in [-0.1, -0.05) is 66.7 Å². The van der Waals surface area contributed by atoms with E-state index in [-0.39, 0.29) is 0 Å². The Morgan fingerprint density at radius 2 is 1.37 bits per heavy atom. The van der Waals surface area contributed by atoms with E-state index in [4.69, 9.17) is 9.97 Å². The molecule has 4 heteroatoms. The van der Waals surface area contributed by atoms with E-state index >= 15 is 0 Å². The van der Waals surface area contributed by atoms with E-state index in [1.165, 1.54) is 16.3 Å². The number of nitrogens with zero attached hydrogens (tertiary/aromatic N) is 3. The quantitative estimate of drug-likeness (QED) is 0.485. The van der Waals surface area contributed by atoms with Crippen LogP contribution in [0, 0.1) is 0 Å². The maximum atomic E-state index is 4.82. The summed E-state index contributed by atoms with van der Waals surface area (Å²) in [5, 5.41) is 6.85. The smallest absolute Gasteiger partial charge is 0.236 e. The summed E-state index contributed by atoms with van der Waals surface area (Å²) in [6.07, 6.45) is 4.14. The summed E-state index contributed by atoms with van der Waals surface area (Å²) in [5.41, 5.74) is 2.14. The number of benzene rings is 3. The third-order valence-electron chi connectivity index (χ3n) is 4.68. The molecule has 27 heavy (non-hydrogen) atoms. The minimum Gasteiger partial charge on any atom is -0.365 e. The number of anilines is 1. The first-order valence-corrected chi connectivity index (χ1v) is 8.98. The summed E-state index contributed by atoms with van der Waals surface area (Å²) < 4.78 is 1.99. The summed E-state index contributed by atoms with van der Waals surface area (Å²) in [4.78, 5) is 9.59. The first kappa shape index (κ1) is 15.6. The molecule has 0 amide bonds. The summed E-state index contributed by atoms with van der Waals surface area (Å²) >= 11 is 0. The highest BCUT2D eigenvalue weighted by Crippen LogP contribution is 2.24. The van der Waals surface area contributed by atoms with Crippen molar-refractivity contribution in [3.05, 3.63) is 96.8 Å². The number of hydrogen-bond donors (Lipinski definition) is 1. The predicted octanol–water partition coefficient (Wildman–Crippen LogP) is 5.19. The molecule has 2 aromatic heterocycles. The van der Waals surface area contributed by atoms with Gasteiger partial charge in [-0.3, -0.25) is 4.57 Å². The third kappa shape index (κ3) is 3.02. The van der Waals surface area contributed by atoms with E-state index in [1.807, 2.05) is 53.1 Å². The molecule has 0 fully saturated rings. The lowest BCUT2D eigenvalue weighted by Gasteiger charge is -2.11. The minimum absolute atomic E-state index is 0.667. The van der Waals surface area contributed by atoms with Gasteiger partial charge >= 0.3 is 0 Å². The van der Waals surface area contributed by atoms with Crippen molar-refractivity contribution in [2.45, 2.75) is 6.54 Å². The first-order chi connectivity index (χ1) is 13.4. The van der Waals surface area contributed by atoms with Gasteiger partial charge in [0.15, 0.2) is 0 Å². The van der Waals surface area contributed by atoms with Crippen molar-refractivity contribution in [1.82, 2.24) is 14.5 Å². The molecule has 0 bridgehead atoms. The maximum Gasteiger partial charge on any atom is 0.236 e. The van der Waals surface area contributed by atoms with Crippen molar-refractivity contribution in [3.63, 3.8) is 0 Å². The summed E-state index contributed by atoms with van der Waals surface area (Å²) in [6.45, 7) is 0.717. The van der Waals surface area contributed by atoms with Crippen LogP contribution in [0.25, 0.3) is 27.6 Å².